The van der Waals surface area contributed by atoms with Crippen molar-refractivity contribution in [1.82, 2.24) is 5.32 Å². The Bertz CT molecular complexity index is 362. The zero-order valence-corrected chi connectivity index (χ0v) is 12.1. The van der Waals surface area contributed by atoms with Gasteiger partial charge in [-0.25, -0.2) is 0 Å². The highest BCUT2D eigenvalue weighted by atomic mass is 16.5. The van der Waals surface area contributed by atoms with Crippen LogP contribution in [0.2, 0.25) is 0 Å². The fraction of sp³-hybridized carbons (Fsp3) is 0.625. The van der Waals surface area contributed by atoms with E-state index >= 15 is 0 Å². The van der Waals surface area contributed by atoms with E-state index in [2.05, 4.69) is 11.4 Å². The summed E-state index contributed by atoms with van der Waals surface area (Å²) in [6.45, 7) is 3.49. The molecule has 0 atom stereocenters. The summed E-state index contributed by atoms with van der Waals surface area (Å²) in [5.41, 5.74) is 1.18. The van der Waals surface area contributed by atoms with E-state index in [4.69, 9.17) is 9.47 Å². The Morgan fingerprint density at radius 3 is 2.68 bits per heavy atom. The number of hydrogen-bond acceptors (Lipinski definition) is 3. The second-order valence-electron chi connectivity index (χ2n) is 5.09. The average Bonchev–Trinajstić information content (AvgIpc) is 2.44. The van der Waals surface area contributed by atoms with E-state index in [9.17, 15) is 0 Å². The third-order valence-corrected chi connectivity index (χ3v) is 3.56. The van der Waals surface area contributed by atoms with Crippen molar-refractivity contribution >= 4 is 0 Å². The lowest BCUT2D eigenvalue weighted by Gasteiger charge is -2.25. The quantitative estimate of drug-likeness (QED) is 0.852. The number of benzene rings is 1. The maximum atomic E-state index is 6.26. The van der Waals surface area contributed by atoms with Crippen molar-refractivity contribution in [2.45, 2.75) is 51.7 Å². The van der Waals surface area contributed by atoms with Crippen molar-refractivity contribution in [2.75, 3.05) is 13.7 Å². The van der Waals surface area contributed by atoms with Crippen LogP contribution in [0.15, 0.2) is 18.2 Å². The van der Waals surface area contributed by atoms with Crippen LogP contribution in [-0.2, 0) is 6.54 Å². The molecule has 0 saturated heterocycles. The molecule has 1 aromatic carbocycles. The first-order valence-electron chi connectivity index (χ1n) is 7.41. The molecule has 0 aliphatic heterocycles. The lowest BCUT2D eigenvalue weighted by Crippen LogP contribution is -2.21. The fourth-order valence-electron chi connectivity index (χ4n) is 2.64. The number of rotatable bonds is 6. The molecule has 0 amide bonds. The Labute approximate surface area is 116 Å². The van der Waals surface area contributed by atoms with Crippen molar-refractivity contribution in [1.29, 1.82) is 0 Å². The molecule has 1 saturated carbocycles. The fourth-order valence-corrected chi connectivity index (χ4v) is 2.64. The molecule has 3 nitrogen and oxygen atoms in total. The van der Waals surface area contributed by atoms with Gasteiger partial charge in [-0.2, -0.15) is 0 Å². The van der Waals surface area contributed by atoms with Crippen molar-refractivity contribution in [3.63, 3.8) is 0 Å². The van der Waals surface area contributed by atoms with Gasteiger partial charge in [-0.3, -0.25) is 0 Å². The van der Waals surface area contributed by atoms with Gasteiger partial charge in [0.1, 0.15) is 0 Å². The molecule has 0 heterocycles. The Hall–Kier alpha value is -1.22. The predicted octanol–water partition coefficient (Wildman–Crippen LogP) is 3.52. The zero-order valence-electron chi connectivity index (χ0n) is 12.1. The Morgan fingerprint density at radius 2 is 2.00 bits per heavy atom. The summed E-state index contributed by atoms with van der Waals surface area (Å²) >= 11 is 0. The molecule has 19 heavy (non-hydrogen) atoms. The first kappa shape index (κ1) is 14.2. The molecule has 1 N–H and O–H groups in total. The van der Waals surface area contributed by atoms with Gasteiger partial charge in [0, 0.05) is 12.1 Å². The second-order valence-corrected chi connectivity index (χ2v) is 5.09. The minimum Gasteiger partial charge on any atom is -0.490 e. The Balaban J connectivity index is 2.17. The predicted molar refractivity (Wildman–Crippen MR) is 77.9 cm³/mol. The zero-order chi connectivity index (χ0) is 13.5. The van der Waals surface area contributed by atoms with Crippen LogP contribution in [0.5, 0.6) is 11.5 Å². The molecule has 0 radical (unpaired) electrons. The SMILES string of the molecule is CCOc1cccc(CNC)c1OC1CCCCC1. The minimum atomic E-state index is 0.353. The van der Waals surface area contributed by atoms with Crippen LogP contribution in [0.25, 0.3) is 0 Å². The molecular formula is C16H25NO2. The van der Waals surface area contributed by atoms with E-state index < -0.39 is 0 Å². The second kappa shape index (κ2) is 7.39. The first-order chi connectivity index (χ1) is 9.35. The van der Waals surface area contributed by atoms with Crippen LogP contribution in [0.4, 0.5) is 0 Å². The summed E-state index contributed by atoms with van der Waals surface area (Å²) in [5.74, 6) is 1.81. The normalized spacial score (nSPS) is 16.3. The lowest BCUT2D eigenvalue weighted by molar-refractivity contribution is 0.146. The van der Waals surface area contributed by atoms with E-state index in [1.54, 1.807) is 0 Å². The van der Waals surface area contributed by atoms with E-state index in [0.29, 0.717) is 12.7 Å². The molecule has 1 aliphatic rings. The molecule has 1 fully saturated rings. The Kier molecular flexibility index (Phi) is 5.52. The van der Waals surface area contributed by atoms with Crippen LogP contribution in [0, 0.1) is 0 Å². The molecule has 1 aliphatic carbocycles. The molecule has 3 heteroatoms. The highest BCUT2D eigenvalue weighted by Crippen LogP contribution is 2.34. The summed E-state index contributed by atoms with van der Waals surface area (Å²) in [6, 6.07) is 6.14. The largest absolute Gasteiger partial charge is 0.490 e. The third-order valence-electron chi connectivity index (χ3n) is 3.56. The van der Waals surface area contributed by atoms with E-state index in [1.165, 1.54) is 37.7 Å². The standard InChI is InChI=1S/C16H25NO2/c1-3-18-15-11-7-8-13(12-17-2)16(15)19-14-9-5-4-6-10-14/h7-8,11,14,17H,3-6,9-10,12H2,1-2H3. The maximum Gasteiger partial charge on any atom is 0.166 e. The molecule has 0 aromatic heterocycles. The van der Waals surface area contributed by atoms with Crippen LogP contribution in [0.3, 0.4) is 0 Å². The number of para-hydroxylation sites is 1. The van der Waals surface area contributed by atoms with Crippen molar-refractivity contribution in [3.05, 3.63) is 23.8 Å². The highest BCUT2D eigenvalue weighted by molar-refractivity contribution is 5.46. The first-order valence-corrected chi connectivity index (χ1v) is 7.41. The minimum absolute atomic E-state index is 0.353. The molecule has 1 aromatic rings. The van der Waals surface area contributed by atoms with Crippen LogP contribution < -0.4 is 14.8 Å². The molecular weight excluding hydrogens is 238 g/mol. The van der Waals surface area contributed by atoms with Crippen LogP contribution in [0.1, 0.15) is 44.6 Å². The summed E-state index contributed by atoms with van der Waals surface area (Å²) in [5, 5.41) is 3.20. The topological polar surface area (TPSA) is 30.5 Å². The van der Waals surface area contributed by atoms with Gasteiger partial charge in [0.15, 0.2) is 11.5 Å². The average molecular weight is 263 g/mol. The van der Waals surface area contributed by atoms with E-state index in [0.717, 1.165) is 18.0 Å². The highest BCUT2D eigenvalue weighted by Gasteiger charge is 2.19. The van der Waals surface area contributed by atoms with Gasteiger partial charge in [-0.1, -0.05) is 18.6 Å². The number of nitrogens with one attached hydrogen (secondary N) is 1. The number of hydrogen-bond donors (Lipinski definition) is 1. The van der Waals surface area contributed by atoms with Gasteiger partial charge < -0.3 is 14.8 Å². The van der Waals surface area contributed by atoms with Crippen molar-refractivity contribution < 1.29 is 9.47 Å². The van der Waals surface area contributed by atoms with Gasteiger partial charge in [0.25, 0.3) is 0 Å². The van der Waals surface area contributed by atoms with Gasteiger partial charge >= 0.3 is 0 Å². The van der Waals surface area contributed by atoms with E-state index in [-0.39, 0.29) is 0 Å². The van der Waals surface area contributed by atoms with Crippen LogP contribution >= 0.6 is 0 Å². The third kappa shape index (κ3) is 3.87. The van der Waals surface area contributed by atoms with Gasteiger partial charge in [-0.05, 0) is 45.7 Å². The molecule has 0 bridgehead atoms. The summed E-state index contributed by atoms with van der Waals surface area (Å²) in [4.78, 5) is 0. The molecule has 0 spiro atoms. The van der Waals surface area contributed by atoms with Crippen LogP contribution in [-0.4, -0.2) is 19.8 Å². The molecule has 106 valence electrons. The number of ether oxygens (including phenoxy) is 2. The van der Waals surface area contributed by atoms with E-state index in [1.807, 2.05) is 26.1 Å². The summed E-state index contributed by atoms with van der Waals surface area (Å²) in [7, 11) is 1.96. The molecule has 2 rings (SSSR count). The van der Waals surface area contributed by atoms with Gasteiger partial charge in [0.2, 0.25) is 0 Å². The molecule has 0 unspecified atom stereocenters. The maximum absolute atomic E-state index is 6.26. The summed E-state index contributed by atoms with van der Waals surface area (Å²) < 4.78 is 12.0. The van der Waals surface area contributed by atoms with Gasteiger partial charge in [0.05, 0.1) is 12.7 Å². The Morgan fingerprint density at radius 1 is 1.21 bits per heavy atom. The van der Waals surface area contributed by atoms with Crippen molar-refractivity contribution in [3.8, 4) is 11.5 Å². The van der Waals surface area contributed by atoms with Crippen molar-refractivity contribution in [2.24, 2.45) is 0 Å². The summed E-state index contributed by atoms with van der Waals surface area (Å²) in [6.07, 6.45) is 6.59. The monoisotopic (exact) mass is 263 g/mol. The van der Waals surface area contributed by atoms with Gasteiger partial charge in [-0.15, -0.1) is 0 Å². The smallest absolute Gasteiger partial charge is 0.166 e. The lowest BCUT2D eigenvalue weighted by atomic mass is 9.97.